The average molecular weight is 616 g/mol. The van der Waals surface area contributed by atoms with Crippen LogP contribution in [0.3, 0.4) is 0 Å². The van der Waals surface area contributed by atoms with E-state index in [1.54, 1.807) is 42.3 Å². The minimum atomic E-state index is -4.78. The molecule has 0 radical (unpaired) electrons. The van der Waals surface area contributed by atoms with Gasteiger partial charge in [0.2, 0.25) is 21.8 Å². The van der Waals surface area contributed by atoms with Gasteiger partial charge in [0.15, 0.2) is 0 Å². The summed E-state index contributed by atoms with van der Waals surface area (Å²) in [4.78, 5) is 28.5. The highest BCUT2D eigenvalue weighted by molar-refractivity contribution is 7.89. The highest BCUT2D eigenvalue weighted by Gasteiger charge is 2.56. The van der Waals surface area contributed by atoms with Gasteiger partial charge in [-0.1, -0.05) is 54.6 Å². The van der Waals surface area contributed by atoms with E-state index in [0.29, 0.717) is 36.1 Å². The quantitative estimate of drug-likeness (QED) is 0.352. The number of amides is 2. The number of sulfonamides is 1. The van der Waals surface area contributed by atoms with Crippen LogP contribution in [0, 0.1) is 17.3 Å². The number of nitrogens with two attached hydrogens (primary N) is 1. The monoisotopic (exact) mass is 615 g/mol. The molecule has 5 rings (SSSR count). The molecule has 228 valence electrons. The summed E-state index contributed by atoms with van der Waals surface area (Å²) in [6, 6.07) is 19.0. The van der Waals surface area contributed by atoms with E-state index in [0.717, 1.165) is 18.4 Å². The Hall–Kier alpha value is -3.90. The van der Waals surface area contributed by atoms with Crippen molar-refractivity contribution in [3.05, 3.63) is 83.9 Å². The molecule has 43 heavy (non-hydrogen) atoms. The average Bonchev–Trinajstić information content (AvgIpc) is 3.60. The van der Waals surface area contributed by atoms with Gasteiger partial charge in [-0.25, -0.2) is 13.6 Å². The SMILES string of the molecule is CN(Cc1ccc(-c2ccccc2S(N)(=O)=O)cc1)C(=O)[C@@H]1CC2(CC2)C[C@H]1C(=O)NCc1ccc(OC(F)(F)F)cc1. The van der Waals surface area contributed by atoms with E-state index in [1.807, 2.05) is 12.1 Å². The Morgan fingerprint density at radius 2 is 1.56 bits per heavy atom. The number of hydrogen-bond donors (Lipinski definition) is 2. The lowest BCUT2D eigenvalue weighted by Gasteiger charge is -2.25. The first-order valence-electron chi connectivity index (χ1n) is 13.8. The summed E-state index contributed by atoms with van der Waals surface area (Å²) in [6.07, 6.45) is -1.56. The molecule has 2 amide bonds. The van der Waals surface area contributed by atoms with Crippen LogP contribution in [0.1, 0.15) is 36.8 Å². The minimum Gasteiger partial charge on any atom is -0.406 e. The number of halogens is 3. The molecule has 2 aliphatic rings. The number of alkyl halides is 3. The number of benzene rings is 3. The molecule has 2 fully saturated rings. The van der Waals surface area contributed by atoms with E-state index in [9.17, 15) is 31.2 Å². The summed E-state index contributed by atoms with van der Waals surface area (Å²) in [6.45, 7) is 0.423. The van der Waals surface area contributed by atoms with Crippen LogP contribution in [0.4, 0.5) is 13.2 Å². The van der Waals surface area contributed by atoms with Crippen LogP contribution in [0.15, 0.2) is 77.7 Å². The number of nitrogens with one attached hydrogen (secondary N) is 1. The maximum absolute atomic E-state index is 13.6. The molecular weight excluding hydrogens is 583 g/mol. The van der Waals surface area contributed by atoms with E-state index in [-0.39, 0.29) is 34.4 Å². The summed E-state index contributed by atoms with van der Waals surface area (Å²) in [5, 5.41) is 8.23. The molecule has 12 heteroatoms. The number of nitrogens with zero attached hydrogens (tertiary/aromatic N) is 1. The van der Waals surface area contributed by atoms with Gasteiger partial charge >= 0.3 is 6.36 Å². The van der Waals surface area contributed by atoms with Crippen molar-refractivity contribution in [2.75, 3.05) is 7.05 Å². The van der Waals surface area contributed by atoms with E-state index in [4.69, 9.17) is 5.14 Å². The molecule has 0 saturated heterocycles. The fourth-order valence-corrected chi connectivity index (χ4v) is 6.69. The first kappa shape index (κ1) is 30.6. The van der Waals surface area contributed by atoms with Crippen LogP contribution in [0.25, 0.3) is 11.1 Å². The molecular formula is C31H32F3N3O5S. The van der Waals surface area contributed by atoms with Gasteiger partial charge in [-0.15, -0.1) is 13.2 Å². The molecule has 2 aliphatic carbocycles. The number of rotatable bonds is 9. The molecule has 3 N–H and O–H groups in total. The van der Waals surface area contributed by atoms with E-state index < -0.39 is 28.2 Å². The number of ether oxygens (including phenoxy) is 1. The van der Waals surface area contributed by atoms with Crippen LogP contribution in [-0.4, -0.2) is 38.5 Å². The molecule has 0 aromatic heterocycles. The van der Waals surface area contributed by atoms with Crippen molar-refractivity contribution in [3.63, 3.8) is 0 Å². The van der Waals surface area contributed by atoms with Gasteiger partial charge in [-0.3, -0.25) is 9.59 Å². The van der Waals surface area contributed by atoms with E-state index in [1.165, 1.54) is 30.3 Å². The van der Waals surface area contributed by atoms with Crippen molar-refractivity contribution in [1.82, 2.24) is 10.2 Å². The third kappa shape index (κ3) is 7.37. The van der Waals surface area contributed by atoms with Crippen molar-refractivity contribution in [3.8, 4) is 16.9 Å². The normalized spacial score (nSPS) is 19.2. The summed E-state index contributed by atoms with van der Waals surface area (Å²) >= 11 is 0. The van der Waals surface area contributed by atoms with Crippen LogP contribution >= 0.6 is 0 Å². The van der Waals surface area contributed by atoms with Crippen LogP contribution in [0.2, 0.25) is 0 Å². The first-order chi connectivity index (χ1) is 20.2. The molecule has 3 aromatic rings. The second-order valence-electron chi connectivity index (χ2n) is 11.5. The van der Waals surface area contributed by atoms with Gasteiger partial charge in [0.05, 0.1) is 16.7 Å². The number of primary sulfonamides is 1. The Kier molecular flexibility index (Phi) is 8.28. The minimum absolute atomic E-state index is 0.0120. The van der Waals surface area contributed by atoms with Crippen molar-refractivity contribution < 1.29 is 35.9 Å². The third-order valence-corrected chi connectivity index (χ3v) is 9.25. The summed E-state index contributed by atoms with van der Waals surface area (Å²) in [5.41, 5.74) is 2.62. The molecule has 0 aliphatic heterocycles. The van der Waals surface area contributed by atoms with E-state index in [2.05, 4.69) is 10.1 Å². The number of carbonyl (C=O) groups excluding carboxylic acids is 2. The molecule has 0 bridgehead atoms. The lowest BCUT2D eigenvalue weighted by Crippen LogP contribution is -2.40. The smallest absolute Gasteiger partial charge is 0.406 e. The van der Waals surface area contributed by atoms with Gasteiger partial charge < -0.3 is 15.0 Å². The Labute approximate surface area is 248 Å². The van der Waals surface area contributed by atoms with Gasteiger partial charge in [0.25, 0.3) is 0 Å². The maximum atomic E-state index is 13.6. The topological polar surface area (TPSA) is 119 Å². The van der Waals surface area contributed by atoms with Crippen molar-refractivity contribution in [1.29, 1.82) is 0 Å². The Morgan fingerprint density at radius 3 is 2.16 bits per heavy atom. The summed E-state index contributed by atoms with van der Waals surface area (Å²) < 4.78 is 65.1. The lowest BCUT2D eigenvalue weighted by atomic mass is 9.93. The molecule has 3 aromatic carbocycles. The second kappa shape index (κ2) is 11.6. The first-order valence-corrected chi connectivity index (χ1v) is 15.4. The molecule has 8 nitrogen and oxygen atoms in total. The van der Waals surface area contributed by atoms with Gasteiger partial charge in [-0.05, 0) is 66.0 Å². The third-order valence-electron chi connectivity index (χ3n) is 8.28. The van der Waals surface area contributed by atoms with Gasteiger partial charge in [0, 0.05) is 25.7 Å². The predicted octanol–water partition coefficient (Wildman–Crippen LogP) is 4.98. The highest BCUT2D eigenvalue weighted by atomic mass is 32.2. The van der Waals surface area contributed by atoms with Gasteiger partial charge in [0.1, 0.15) is 5.75 Å². The maximum Gasteiger partial charge on any atom is 0.573 e. The zero-order valence-corrected chi connectivity index (χ0v) is 24.2. The zero-order chi connectivity index (χ0) is 31.0. The Balaban J connectivity index is 1.22. The fraction of sp³-hybridized carbons (Fsp3) is 0.355. The summed E-state index contributed by atoms with van der Waals surface area (Å²) in [7, 11) is -2.21. The highest BCUT2D eigenvalue weighted by Crippen LogP contribution is 2.61. The van der Waals surface area contributed by atoms with Crippen molar-refractivity contribution in [2.24, 2.45) is 22.4 Å². The molecule has 0 heterocycles. The number of carbonyl (C=O) groups is 2. The molecule has 2 saturated carbocycles. The zero-order valence-electron chi connectivity index (χ0n) is 23.4. The van der Waals surface area contributed by atoms with E-state index >= 15 is 0 Å². The lowest BCUT2D eigenvalue weighted by molar-refractivity contribution is -0.274. The largest absolute Gasteiger partial charge is 0.573 e. The molecule has 1 spiro atoms. The second-order valence-corrected chi connectivity index (χ2v) is 13.0. The fourth-order valence-electron chi connectivity index (χ4n) is 5.93. The molecule has 0 unspecified atom stereocenters. The van der Waals surface area contributed by atoms with Gasteiger partial charge in [-0.2, -0.15) is 0 Å². The molecule has 2 atom stereocenters. The van der Waals surface area contributed by atoms with Crippen LogP contribution in [0.5, 0.6) is 5.75 Å². The van der Waals surface area contributed by atoms with Crippen LogP contribution < -0.4 is 15.2 Å². The van der Waals surface area contributed by atoms with Crippen LogP contribution in [-0.2, 0) is 32.7 Å². The summed E-state index contributed by atoms with van der Waals surface area (Å²) in [5.74, 6) is -1.69. The van der Waals surface area contributed by atoms with Crippen molar-refractivity contribution in [2.45, 2.75) is 50.0 Å². The Bertz CT molecular complexity index is 1600. The standard InChI is InChI=1S/C31H32F3N3O5S/c1-37(19-21-6-10-22(11-7-21)24-4-2-3-5-27(24)43(35,40)41)29(39)26-17-30(14-15-30)16-25(26)28(38)36-18-20-8-12-23(13-9-20)42-31(32,33)34/h2-13,25-26H,14-19H2,1H3,(H,36,38)(H2,35,40,41)/t25-,26-/m1/s1. The number of hydrogen-bond acceptors (Lipinski definition) is 5. The van der Waals surface area contributed by atoms with Crippen molar-refractivity contribution >= 4 is 21.8 Å². The predicted molar refractivity (Wildman–Crippen MR) is 153 cm³/mol. The Morgan fingerprint density at radius 1 is 0.953 bits per heavy atom.